The maximum Gasteiger partial charge on any atom is 0.255 e. The summed E-state index contributed by atoms with van der Waals surface area (Å²) in [6.45, 7) is 4.05. The smallest absolute Gasteiger partial charge is 0.255 e. The number of thioether (sulfide) groups is 1. The Balaban J connectivity index is 1.54. The van der Waals surface area contributed by atoms with Crippen molar-refractivity contribution < 1.29 is 14.0 Å². The maximum atomic E-state index is 13.4. The number of amides is 2. The molecule has 35 heavy (non-hydrogen) atoms. The SMILES string of the molecule is Cc1ccc(NC(=O)C(Sc2cccc(NC(=O)c3ccc(F)cc3)c2)c2ccccc2)cc1C. The Bertz CT molecular complexity index is 1340. The fraction of sp³-hybridized carbons (Fsp3) is 0.103. The van der Waals surface area contributed by atoms with E-state index >= 15 is 0 Å². The van der Waals surface area contributed by atoms with Gasteiger partial charge in [-0.3, -0.25) is 9.59 Å². The van der Waals surface area contributed by atoms with Crippen molar-refractivity contribution in [2.75, 3.05) is 10.6 Å². The predicted octanol–water partition coefficient (Wildman–Crippen LogP) is 7.17. The van der Waals surface area contributed by atoms with Crippen LogP contribution in [0.5, 0.6) is 0 Å². The molecule has 4 aromatic rings. The van der Waals surface area contributed by atoms with Crippen molar-refractivity contribution in [3.05, 3.63) is 125 Å². The summed E-state index contributed by atoms with van der Waals surface area (Å²) in [5.74, 6) is -0.865. The Morgan fingerprint density at radius 1 is 0.743 bits per heavy atom. The van der Waals surface area contributed by atoms with Gasteiger partial charge in [-0.05, 0) is 85.1 Å². The molecular weight excluding hydrogens is 459 g/mol. The summed E-state index contributed by atoms with van der Waals surface area (Å²) in [7, 11) is 0. The molecule has 4 nitrogen and oxygen atoms in total. The molecule has 6 heteroatoms. The lowest BCUT2D eigenvalue weighted by atomic mass is 10.1. The molecule has 2 amide bonds. The number of aryl methyl sites for hydroxylation is 2. The van der Waals surface area contributed by atoms with E-state index in [1.165, 1.54) is 36.0 Å². The van der Waals surface area contributed by atoms with Crippen LogP contribution in [-0.4, -0.2) is 11.8 Å². The highest BCUT2D eigenvalue weighted by Gasteiger charge is 2.22. The van der Waals surface area contributed by atoms with E-state index in [2.05, 4.69) is 10.6 Å². The molecule has 1 atom stereocenters. The topological polar surface area (TPSA) is 58.2 Å². The summed E-state index contributed by atoms with van der Waals surface area (Å²) in [5, 5.41) is 5.38. The second-order valence-electron chi connectivity index (χ2n) is 8.19. The third-order valence-corrected chi connectivity index (χ3v) is 6.82. The lowest BCUT2D eigenvalue weighted by molar-refractivity contribution is -0.115. The van der Waals surface area contributed by atoms with Gasteiger partial charge >= 0.3 is 0 Å². The van der Waals surface area contributed by atoms with Gasteiger partial charge in [-0.25, -0.2) is 4.39 Å². The second-order valence-corrected chi connectivity index (χ2v) is 9.36. The number of hydrogen-bond donors (Lipinski definition) is 2. The Kier molecular flexibility index (Phi) is 7.63. The molecule has 0 bridgehead atoms. The Hall–Kier alpha value is -3.90. The van der Waals surface area contributed by atoms with E-state index < -0.39 is 11.1 Å². The standard InChI is InChI=1S/C29H25FN2O2S/c1-19-11-16-25(17-20(19)2)32-29(34)27(21-7-4-3-5-8-21)35-26-10-6-9-24(18-26)31-28(33)22-12-14-23(30)15-13-22/h3-18,27H,1-2H3,(H,31,33)(H,32,34). The van der Waals surface area contributed by atoms with E-state index in [0.717, 1.165) is 27.3 Å². The van der Waals surface area contributed by atoms with Gasteiger partial charge in [-0.2, -0.15) is 0 Å². The molecule has 0 aromatic heterocycles. The summed E-state index contributed by atoms with van der Waals surface area (Å²) >= 11 is 1.40. The first kappa shape index (κ1) is 24.2. The van der Waals surface area contributed by atoms with Gasteiger partial charge in [0.2, 0.25) is 5.91 Å². The molecule has 176 valence electrons. The third kappa shape index (κ3) is 6.37. The maximum absolute atomic E-state index is 13.4. The van der Waals surface area contributed by atoms with Crippen LogP contribution in [0, 0.1) is 19.7 Å². The van der Waals surface area contributed by atoms with Crippen molar-refractivity contribution in [3.8, 4) is 0 Å². The van der Waals surface area contributed by atoms with Gasteiger partial charge in [0.05, 0.1) is 0 Å². The highest BCUT2D eigenvalue weighted by Crippen LogP contribution is 2.37. The fourth-order valence-electron chi connectivity index (χ4n) is 3.52. The molecular formula is C29H25FN2O2S. The van der Waals surface area contributed by atoms with E-state index in [1.807, 2.05) is 80.6 Å². The molecule has 0 radical (unpaired) electrons. The highest BCUT2D eigenvalue weighted by molar-refractivity contribution is 8.00. The number of carbonyl (C=O) groups is 2. The van der Waals surface area contributed by atoms with E-state index in [0.29, 0.717) is 11.3 Å². The van der Waals surface area contributed by atoms with Crippen LogP contribution in [0.3, 0.4) is 0 Å². The predicted molar refractivity (Wildman–Crippen MR) is 140 cm³/mol. The van der Waals surface area contributed by atoms with Crippen LogP contribution in [0.25, 0.3) is 0 Å². The average molecular weight is 485 g/mol. The second kappa shape index (κ2) is 11.0. The summed E-state index contributed by atoms with van der Waals surface area (Å²) in [6, 6.07) is 28.1. The number of carbonyl (C=O) groups excluding carboxylic acids is 2. The zero-order chi connectivity index (χ0) is 24.8. The zero-order valence-electron chi connectivity index (χ0n) is 19.4. The van der Waals surface area contributed by atoms with Gasteiger partial charge in [-0.15, -0.1) is 11.8 Å². The summed E-state index contributed by atoms with van der Waals surface area (Å²) in [4.78, 5) is 26.7. The molecule has 0 aliphatic heterocycles. The molecule has 0 aliphatic carbocycles. The van der Waals surface area contributed by atoms with Crippen LogP contribution in [0.1, 0.15) is 32.3 Å². The normalized spacial score (nSPS) is 11.5. The monoisotopic (exact) mass is 484 g/mol. The summed E-state index contributed by atoms with van der Waals surface area (Å²) < 4.78 is 13.2. The van der Waals surface area contributed by atoms with Crippen molar-refractivity contribution >= 4 is 35.0 Å². The molecule has 0 spiro atoms. The van der Waals surface area contributed by atoms with Crippen LogP contribution >= 0.6 is 11.8 Å². The summed E-state index contributed by atoms with van der Waals surface area (Å²) in [5.41, 5.74) is 4.84. The lowest BCUT2D eigenvalue weighted by Gasteiger charge is -2.18. The van der Waals surface area contributed by atoms with Crippen molar-refractivity contribution in [2.45, 2.75) is 24.0 Å². The minimum Gasteiger partial charge on any atom is -0.325 e. The molecule has 0 heterocycles. The van der Waals surface area contributed by atoms with Crippen molar-refractivity contribution in [1.29, 1.82) is 0 Å². The molecule has 0 fully saturated rings. The number of hydrogen-bond acceptors (Lipinski definition) is 3. The number of benzene rings is 4. The summed E-state index contributed by atoms with van der Waals surface area (Å²) in [6.07, 6.45) is 0. The van der Waals surface area contributed by atoms with Crippen LogP contribution in [0.4, 0.5) is 15.8 Å². The van der Waals surface area contributed by atoms with E-state index in [-0.39, 0.29) is 11.8 Å². The molecule has 4 aromatic carbocycles. The molecule has 0 saturated carbocycles. The van der Waals surface area contributed by atoms with Crippen molar-refractivity contribution in [2.24, 2.45) is 0 Å². The molecule has 2 N–H and O–H groups in total. The number of rotatable bonds is 7. The van der Waals surface area contributed by atoms with Gasteiger partial charge in [0, 0.05) is 21.8 Å². The lowest BCUT2D eigenvalue weighted by Crippen LogP contribution is -2.19. The number of nitrogens with one attached hydrogen (secondary N) is 2. The largest absolute Gasteiger partial charge is 0.325 e. The van der Waals surface area contributed by atoms with Crippen LogP contribution in [0.2, 0.25) is 0 Å². The Morgan fingerprint density at radius 2 is 1.46 bits per heavy atom. The fourth-order valence-corrected chi connectivity index (χ4v) is 4.60. The molecule has 1 unspecified atom stereocenters. The highest BCUT2D eigenvalue weighted by atomic mass is 32.2. The van der Waals surface area contributed by atoms with E-state index in [1.54, 1.807) is 6.07 Å². The van der Waals surface area contributed by atoms with Gasteiger partial charge < -0.3 is 10.6 Å². The van der Waals surface area contributed by atoms with Crippen molar-refractivity contribution in [1.82, 2.24) is 0 Å². The van der Waals surface area contributed by atoms with Crippen LogP contribution in [0.15, 0.2) is 102 Å². The molecule has 0 saturated heterocycles. The minimum absolute atomic E-state index is 0.134. The number of anilines is 2. The third-order valence-electron chi connectivity index (χ3n) is 5.57. The van der Waals surface area contributed by atoms with E-state index in [9.17, 15) is 14.0 Å². The minimum atomic E-state index is -0.499. The first-order valence-electron chi connectivity index (χ1n) is 11.2. The van der Waals surface area contributed by atoms with Gasteiger partial charge in [0.1, 0.15) is 11.1 Å². The average Bonchev–Trinajstić information content (AvgIpc) is 2.86. The molecule has 4 rings (SSSR count). The molecule has 0 aliphatic rings. The number of halogens is 1. The zero-order valence-corrected chi connectivity index (χ0v) is 20.2. The van der Waals surface area contributed by atoms with Crippen LogP contribution in [-0.2, 0) is 4.79 Å². The quantitative estimate of drug-likeness (QED) is 0.274. The van der Waals surface area contributed by atoms with E-state index in [4.69, 9.17) is 0 Å². The van der Waals surface area contributed by atoms with Gasteiger partial charge in [0.15, 0.2) is 0 Å². The first-order valence-corrected chi connectivity index (χ1v) is 12.0. The van der Waals surface area contributed by atoms with Crippen LogP contribution < -0.4 is 10.6 Å². The first-order chi connectivity index (χ1) is 16.9. The van der Waals surface area contributed by atoms with Gasteiger partial charge in [-0.1, -0.05) is 42.5 Å². The Labute approximate surface area is 208 Å². The Morgan fingerprint density at radius 3 is 2.17 bits per heavy atom. The van der Waals surface area contributed by atoms with Gasteiger partial charge in [0.25, 0.3) is 5.91 Å². The van der Waals surface area contributed by atoms with Crippen molar-refractivity contribution in [3.63, 3.8) is 0 Å².